The van der Waals surface area contributed by atoms with E-state index in [0.717, 1.165) is 44.5 Å². The monoisotopic (exact) mass is 1020 g/mol. The topological polar surface area (TPSA) is 252 Å². The molecule has 21 heteroatoms. The molecule has 380 valence electrons. The van der Waals surface area contributed by atoms with E-state index in [1.165, 1.54) is 45.9 Å². The number of rotatable bonds is 16. The van der Waals surface area contributed by atoms with Crippen molar-refractivity contribution in [2.45, 2.75) is 98.4 Å². The van der Waals surface area contributed by atoms with Crippen molar-refractivity contribution >= 4 is 57.7 Å². The minimum atomic E-state index is -0.116. The summed E-state index contributed by atoms with van der Waals surface area (Å²) in [5.41, 5.74) is 22.4. The van der Waals surface area contributed by atoms with Crippen molar-refractivity contribution in [1.82, 2.24) is 54.9 Å². The number of halogens is 2. The number of nitrogens with zero attached hydrogens (tertiary/aromatic N) is 12. The Bertz CT molecular complexity index is 2910. The van der Waals surface area contributed by atoms with Crippen molar-refractivity contribution in [3.8, 4) is 11.6 Å². The van der Waals surface area contributed by atoms with Gasteiger partial charge in [-0.05, 0) is 85.1 Å². The predicted molar refractivity (Wildman–Crippen MR) is 279 cm³/mol. The summed E-state index contributed by atoms with van der Waals surface area (Å²) in [6, 6.07) is 3.21. The highest BCUT2D eigenvalue weighted by Gasteiger charge is 2.21. The molecule has 0 aliphatic heterocycles. The minimum Gasteiger partial charge on any atom is -0.397 e. The smallest absolute Gasteiger partial charge is 0.240 e. The molecule has 0 spiro atoms. The average molecular weight is 1020 g/mol. The second-order valence-electron chi connectivity index (χ2n) is 16.8. The third-order valence-corrected chi connectivity index (χ3v) is 11.6. The Balaban J connectivity index is 0.000000223. The molecule has 7 heterocycles. The Labute approximate surface area is 430 Å². The Morgan fingerprint density at radius 3 is 1.60 bits per heavy atom. The molecule has 3 atom stereocenters. The van der Waals surface area contributed by atoms with Gasteiger partial charge in [-0.1, -0.05) is 57.5 Å². The van der Waals surface area contributed by atoms with Crippen molar-refractivity contribution in [2.24, 2.45) is 4.99 Å². The second kappa shape index (κ2) is 28.1. The fourth-order valence-electron chi connectivity index (χ4n) is 7.24. The number of ether oxygens (including phenoxy) is 3. The Morgan fingerprint density at radius 1 is 0.653 bits per heavy atom. The largest absolute Gasteiger partial charge is 0.397 e. The molecule has 0 fully saturated rings. The third kappa shape index (κ3) is 15.7. The first-order valence-electron chi connectivity index (χ1n) is 22.7. The maximum absolute atomic E-state index is 12.8. The van der Waals surface area contributed by atoms with Crippen LogP contribution in [0.25, 0.3) is 17.2 Å². The van der Waals surface area contributed by atoms with Gasteiger partial charge < -0.3 is 25.7 Å². The number of methoxy groups -OCH3 is 3. The third-order valence-electron chi connectivity index (χ3n) is 11.0. The lowest BCUT2D eigenvalue weighted by atomic mass is 9.90. The van der Waals surface area contributed by atoms with Gasteiger partial charge in [0, 0.05) is 81.8 Å². The molecular formula is C51H62Cl2N14O5. The molecular weight excluding hydrogens is 960 g/mol. The highest BCUT2D eigenvalue weighted by molar-refractivity contribution is 6.32. The molecule has 0 saturated heterocycles. The molecule has 7 aromatic heterocycles. The van der Waals surface area contributed by atoms with Crippen LogP contribution >= 0.6 is 23.2 Å². The van der Waals surface area contributed by atoms with Crippen LogP contribution in [0.4, 0.5) is 17.1 Å². The number of Topliss-reactive ketones (excluding diaryl/α,β-unsaturated/α-hetero) is 1. The summed E-state index contributed by atoms with van der Waals surface area (Å²) in [4.78, 5) is 49.5. The van der Waals surface area contributed by atoms with Gasteiger partial charge in [0.2, 0.25) is 6.08 Å². The highest BCUT2D eigenvalue weighted by Crippen LogP contribution is 2.32. The van der Waals surface area contributed by atoms with Crippen LogP contribution in [0.5, 0.6) is 0 Å². The minimum absolute atomic E-state index is 0.0235. The van der Waals surface area contributed by atoms with Crippen LogP contribution in [0.2, 0.25) is 10.0 Å². The van der Waals surface area contributed by atoms with E-state index in [-0.39, 0.29) is 42.9 Å². The van der Waals surface area contributed by atoms with Crippen LogP contribution in [0, 0.1) is 0 Å². The van der Waals surface area contributed by atoms with Gasteiger partial charge >= 0.3 is 0 Å². The van der Waals surface area contributed by atoms with E-state index >= 15 is 0 Å². The molecule has 3 unspecified atom stereocenters. The highest BCUT2D eigenvalue weighted by atomic mass is 35.5. The molecule has 0 aromatic carbocycles. The number of aromatic nitrogens is 11. The Hall–Kier alpha value is -7.12. The number of hydrogen-bond acceptors (Lipinski definition) is 17. The zero-order valence-electron chi connectivity index (χ0n) is 42.4. The molecule has 0 radical (unpaired) electrons. The second-order valence-corrected chi connectivity index (χ2v) is 17.6. The van der Waals surface area contributed by atoms with E-state index in [2.05, 4.69) is 84.6 Å². The van der Waals surface area contributed by atoms with Crippen molar-refractivity contribution in [1.29, 1.82) is 0 Å². The zero-order chi connectivity index (χ0) is 53.1. The first-order valence-corrected chi connectivity index (χ1v) is 23.4. The first-order chi connectivity index (χ1) is 34.4. The maximum Gasteiger partial charge on any atom is 0.240 e. The number of anilines is 2. The molecule has 0 aliphatic rings. The molecule has 72 heavy (non-hydrogen) atoms. The number of carbonyl (C=O) groups is 1. The number of isocyanates is 1. The van der Waals surface area contributed by atoms with Crippen molar-refractivity contribution < 1.29 is 23.8 Å². The number of nitrogen functional groups attached to an aromatic ring is 2. The van der Waals surface area contributed by atoms with E-state index in [1.807, 2.05) is 40.1 Å². The fourth-order valence-corrected chi connectivity index (χ4v) is 7.75. The Morgan fingerprint density at radius 2 is 1.11 bits per heavy atom. The summed E-state index contributed by atoms with van der Waals surface area (Å²) in [7, 11) is 5.02. The Kier molecular flexibility index (Phi) is 22.4. The van der Waals surface area contributed by atoms with Gasteiger partial charge in [0.05, 0.1) is 88.8 Å². The number of hydrogen-bond donors (Lipinski definition) is 2. The first kappa shape index (κ1) is 57.5. The van der Waals surface area contributed by atoms with E-state index in [4.69, 9.17) is 48.9 Å². The van der Waals surface area contributed by atoms with E-state index in [0.29, 0.717) is 44.7 Å². The summed E-state index contributed by atoms with van der Waals surface area (Å²) in [5, 5.41) is 16.5. The van der Waals surface area contributed by atoms with Gasteiger partial charge in [-0.25, -0.2) is 14.8 Å². The molecule has 0 saturated carbocycles. The van der Waals surface area contributed by atoms with Gasteiger partial charge in [0.25, 0.3) is 0 Å². The molecule has 7 rings (SSSR count). The fraction of sp³-hybridized carbons (Fsp3) is 0.353. The van der Waals surface area contributed by atoms with Gasteiger partial charge in [-0.3, -0.25) is 19.7 Å². The lowest BCUT2D eigenvalue weighted by molar-refractivity contribution is -0.117. The normalized spacial score (nSPS) is 12.0. The summed E-state index contributed by atoms with van der Waals surface area (Å²) in [5.74, 6) is 1.57. The van der Waals surface area contributed by atoms with Crippen LogP contribution in [0.1, 0.15) is 130 Å². The lowest BCUT2D eigenvalue weighted by Crippen LogP contribution is -2.14. The van der Waals surface area contributed by atoms with E-state index in [9.17, 15) is 9.59 Å². The van der Waals surface area contributed by atoms with Crippen LogP contribution in [0.3, 0.4) is 0 Å². The van der Waals surface area contributed by atoms with Crippen LogP contribution in [0.15, 0.2) is 98.1 Å². The number of carbonyl (C=O) groups excluding carboxylic acids is 2. The molecule has 0 aliphatic carbocycles. The number of nitrogens with two attached hydrogens (primary N) is 2. The van der Waals surface area contributed by atoms with Gasteiger partial charge in [-0.15, -0.1) is 9.59 Å². The molecule has 7 aromatic rings. The molecule has 19 nitrogen and oxygen atoms in total. The van der Waals surface area contributed by atoms with Gasteiger partial charge in [0.1, 0.15) is 5.78 Å². The zero-order valence-corrected chi connectivity index (χ0v) is 43.9. The number of ketones is 1. The number of pyridine rings is 5. The average Bonchev–Trinajstić information content (AvgIpc) is 4.10. The number of allylic oxidation sites excluding steroid dienone is 1. The van der Waals surface area contributed by atoms with Gasteiger partial charge in [-0.2, -0.15) is 25.4 Å². The van der Waals surface area contributed by atoms with Gasteiger partial charge in [0.15, 0.2) is 11.6 Å². The summed E-state index contributed by atoms with van der Waals surface area (Å²) in [6.45, 7) is 20.2. The van der Waals surface area contributed by atoms with Crippen molar-refractivity contribution in [3.05, 3.63) is 148 Å². The van der Waals surface area contributed by atoms with E-state index in [1.54, 1.807) is 70.8 Å². The molecule has 0 amide bonds. The number of aliphatic imine (C=N–C) groups is 1. The quantitative estimate of drug-likeness (QED) is 0.0674. The molecule has 4 N–H and O–H groups in total. The maximum atomic E-state index is 12.8. The summed E-state index contributed by atoms with van der Waals surface area (Å²) >= 11 is 12.2. The molecule has 0 bridgehead atoms. The lowest BCUT2D eigenvalue weighted by Gasteiger charge is -2.21. The van der Waals surface area contributed by atoms with Crippen LogP contribution < -0.4 is 11.5 Å². The van der Waals surface area contributed by atoms with Crippen LogP contribution in [-0.4, -0.2) is 88.1 Å². The summed E-state index contributed by atoms with van der Waals surface area (Å²) < 4.78 is 16.1. The SMILES string of the molecule is C=C(C)c1cncc(N)c1C(C)OC.COC(C)c1c(CC(=O)Cc2cnc(-n3nccn3)c(Cl)c2)cncc1C(C)C.COC(C)c1c(N)cncc1C(C)C.O=C=Nc1cnc(-n2nccn2)c(Cl)c1. The van der Waals surface area contributed by atoms with Crippen molar-refractivity contribution in [3.63, 3.8) is 0 Å². The summed E-state index contributed by atoms with van der Waals surface area (Å²) in [6.07, 6.45) is 21.5. The predicted octanol–water partition coefficient (Wildman–Crippen LogP) is 10.1. The standard InChI is InChI=1S/C21H24ClN5O2.C11H18N2O.C11H16N2O.C8H4ClN5O/c1-13(2)18-12-23-11-16(20(18)14(3)29-4)9-17(28)7-15-8-19(22)21(24-10-15)27-25-5-6-26-27;2*1-7(2)9-5-13-6-10(12)11(9)8(3)14-4;9-7-3-6(11-5-15)4-10-8(7)14-12-1-2-13-14/h5-6,8,10-14H,7,9H2,1-4H3;5-8H,12H2,1-4H3;5-6,8H,1,12H2,2-4H3;1-4H. The van der Waals surface area contributed by atoms with E-state index < -0.39 is 0 Å². The van der Waals surface area contributed by atoms with Crippen molar-refractivity contribution in [2.75, 3.05) is 32.8 Å². The van der Waals surface area contributed by atoms with Crippen LogP contribution in [-0.2, 0) is 36.6 Å².